The van der Waals surface area contributed by atoms with Crippen LogP contribution in [0.3, 0.4) is 0 Å². The van der Waals surface area contributed by atoms with Crippen LogP contribution < -0.4 is 10.1 Å². The first kappa shape index (κ1) is 17.6. The number of para-hydroxylation sites is 1. The van der Waals surface area contributed by atoms with Gasteiger partial charge in [-0.2, -0.15) is 0 Å². The van der Waals surface area contributed by atoms with Crippen LogP contribution in [-0.4, -0.2) is 33.7 Å². The largest absolute Gasteiger partial charge is 0.490 e. The molecule has 2 atom stereocenters. The minimum Gasteiger partial charge on any atom is -0.490 e. The summed E-state index contributed by atoms with van der Waals surface area (Å²) in [6.45, 7) is 0.160. The number of aliphatic hydroxyl groups is 1. The normalized spacial score (nSPS) is 18.4. The molecule has 1 aliphatic heterocycles. The lowest BCUT2D eigenvalue weighted by Gasteiger charge is -2.31. The van der Waals surface area contributed by atoms with Crippen molar-refractivity contribution in [2.75, 3.05) is 6.61 Å². The Morgan fingerprint density at radius 3 is 2.93 bits per heavy atom. The molecule has 1 aromatic carbocycles. The van der Waals surface area contributed by atoms with Crippen molar-refractivity contribution < 1.29 is 14.6 Å². The Balaban J connectivity index is 1.40. The van der Waals surface area contributed by atoms with Crippen LogP contribution in [0.2, 0.25) is 0 Å². The van der Waals surface area contributed by atoms with Gasteiger partial charge in [0.15, 0.2) is 0 Å². The Morgan fingerprint density at radius 2 is 2.07 bits per heavy atom. The third kappa shape index (κ3) is 4.15. The Hall–Kier alpha value is -2.77. The zero-order chi connectivity index (χ0) is 18.6. The molecule has 0 spiro atoms. The molecular formula is C20H19N3O3S. The standard InChI is InChI=1S/C20H19N3O3S/c24-16-11-26-17-7-2-1-6-15(17)20(16)23-18(25)9-14-12-27-19(22-14)10-13-5-3-4-8-21-13/h1-8,12,16,20,24H,9-11H2,(H,23,25)/t16-,20+/m1/s1. The quantitative estimate of drug-likeness (QED) is 0.708. The maximum Gasteiger partial charge on any atom is 0.226 e. The smallest absolute Gasteiger partial charge is 0.226 e. The molecule has 6 nitrogen and oxygen atoms in total. The molecule has 0 unspecified atom stereocenters. The molecule has 2 aromatic heterocycles. The zero-order valence-electron chi connectivity index (χ0n) is 14.5. The molecule has 1 amide bonds. The summed E-state index contributed by atoms with van der Waals surface area (Å²) >= 11 is 1.52. The number of benzene rings is 1. The van der Waals surface area contributed by atoms with E-state index in [9.17, 15) is 9.90 Å². The predicted molar refractivity (Wildman–Crippen MR) is 102 cm³/mol. The van der Waals surface area contributed by atoms with E-state index < -0.39 is 12.1 Å². The Kier molecular flexibility index (Phi) is 5.13. The van der Waals surface area contributed by atoms with Crippen LogP contribution in [0, 0.1) is 0 Å². The number of pyridine rings is 1. The highest BCUT2D eigenvalue weighted by atomic mass is 32.1. The number of nitrogens with zero attached hydrogens (tertiary/aromatic N) is 2. The van der Waals surface area contributed by atoms with E-state index in [0.29, 0.717) is 12.2 Å². The van der Waals surface area contributed by atoms with Crippen LogP contribution in [0.25, 0.3) is 0 Å². The van der Waals surface area contributed by atoms with Gasteiger partial charge in [0.2, 0.25) is 5.91 Å². The Morgan fingerprint density at radius 1 is 1.22 bits per heavy atom. The van der Waals surface area contributed by atoms with Crippen molar-refractivity contribution in [3.63, 3.8) is 0 Å². The number of rotatable bonds is 5. The van der Waals surface area contributed by atoms with E-state index in [1.165, 1.54) is 11.3 Å². The second kappa shape index (κ2) is 7.85. The maximum atomic E-state index is 12.5. The predicted octanol–water partition coefficient (Wildman–Crippen LogP) is 2.28. The molecule has 0 bridgehead atoms. The molecule has 2 N–H and O–H groups in total. The fourth-order valence-electron chi connectivity index (χ4n) is 3.08. The number of ether oxygens (including phenoxy) is 1. The van der Waals surface area contributed by atoms with Gasteiger partial charge in [-0.05, 0) is 18.2 Å². The topological polar surface area (TPSA) is 84.3 Å². The van der Waals surface area contributed by atoms with Crippen LogP contribution >= 0.6 is 11.3 Å². The van der Waals surface area contributed by atoms with Gasteiger partial charge in [0, 0.05) is 29.3 Å². The highest BCUT2D eigenvalue weighted by Gasteiger charge is 2.30. The Bertz CT molecular complexity index is 929. The van der Waals surface area contributed by atoms with Gasteiger partial charge >= 0.3 is 0 Å². The van der Waals surface area contributed by atoms with Crippen molar-refractivity contribution in [2.24, 2.45) is 0 Å². The summed E-state index contributed by atoms with van der Waals surface area (Å²) in [4.78, 5) is 21.3. The highest BCUT2D eigenvalue weighted by molar-refractivity contribution is 7.09. The van der Waals surface area contributed by atoms with Crippen molar-refractivity contribution in [1.29, 1.82) is 0 Å². The lowest BCUT2D eigenvalue weighted by Crippen LogP contribution is -2.42. The molecule has 7 heteroatoms. The maximum absolute atomic E-state index is 12.5. The van der Waals surface area contributed by atoms with Crippen molar-refractivity contribution in [3.8, 4) is 5.75 Å². The number of thiazole rings is 1. The number of aliphatic hydroxyl groups excluding tert-OH is 1. The summed E-state index contributed by atoms with van der Waals surface area (Å²) in [6.07, 6.45) is 1.80. The van der Waals surface area contributed by atoms with E-state index in [1.54, 1.807) is 6.20 Å². The number of amides is 1. The van der Waals surface area contributed by atoms with E-state index in [2.05, 4.69) is 15.3 Å². The second-order valence-electron chi connectivity index (χ2n) is 6.37. The van der Waals surface area contributed by atoms with Crippen LogP contribution in [0.1, 0.15) is 28.0 Å². The van der Waals surface area contributed by atoms with Gasteiger partial charge in [0.1, 0.15) is 18.5 Å². The summed E-state index contributed by atoms with van der Waals surface area (Å²) in [5, 5.41) is 16.0. The van der Waals surface area contributed by atoms with E-state index >= 15 is 0 Å². The SMILES string of the molecule is O=C(Cc1csc(Cc2ccccn2)n1)N[C@H]1c2ccccc2OC[C@H]1O. The number of carbonyl (C=O) groups excluding carboxylic acids is 1. The van der Waals surface area contributed by atoms with Gasteiger partial charge in [0.25, 0.3) is 0 Å². The second-order valence-corrected chi connectivity index (χ2v) is 7.31. The van der Waals surface area contributed by atoms with E-state index in [0.717, 1.165) is 22.0 Å². The average molecular weight is 381 g/mol. The van der Waals surface area contributed by atoms with Crippen LogP contribution in [0.4, 0.5) is 0 Å². The molecule has 0 saturated carbocycles. The fourth-order valence-corrected chi connectivity index (χ4v) is 3.89. The third-order valence-corrected chi connectivity index (χ3v) is 5.26. The van der Waals surface area contributed by atoms with Crippen molar-refractivity contribution in [1.82, 2.24) is 15.3 Å². The lowest BCUT2D eigenvalue weighted by molar-refractivity contribution is -0.122. The number of hydrogen-bond donors (Lipinski definition) is 2. The van der Waals surface area contributed by atoms with E-state index in [4.69, 9.17) is 4.74 Å². The number of hydrogen-bond acceptors (Lipinski definition) is 6. The van der Waals surface area contributed by atoms with Gasteiger partial charge in [-0.3, -0.25) is 9.78 Å². The van der Waals surface area contributed by atoms with Gasteiger partial charge < -0.3 is 15.2 Å². The average Bonchev–Trinajstić information content (AvgIpc) is 3.11. The summed E-state index contributed by atoms with van der Waals surface area (Å²) in [5.74, 6) is 0.518. The third-order valence-electron chi connectivity index (χ3n) is 4.36. The highest BCUT2D eigenvalue weighted by Crippen LogP contribution is 2.31. The number of fused-ring (bicyclic) bond motifs is 1. The van der Waals surface area contributed by atoms with Gasteiger partial charge in [-0.1, -0.05) is 24.3 Å². The molecule has 0 radical (unpaired) electrons. The zero-order valence-corrected chi connectivity index (χ0v) is 15.4. The molecular weight excluding hydrogens is 362 g/mol. The van der Waals surface area contributed by atoms with Crippen LogP contribution in [-0.2, 0) is 17.6 Å². The first-order valence-electron chi connectivity index (χ1n) is 8.71. The first-order valence-corrected chi connectivity index (χ1v) is 9.59. The molecule has 27 heavy (non-hydrogen) atoms. The van der Waals surface area contributed by atoms with Crippen molar-refractivity contribution in [2.45, 2.75) is 25.0 Å². The van der Waals surface area contributed by atoms with Gasteiger partial charge in [0.05, 0.1) is 23.2 Å². The molecule has 138 valence electrons. The monoisotopic (exact) mass is 381 g/mol. The summed E-state index contributed by atoms with van der Waals surface area (Å²) in [5.41, 5.74) is 2.46. The van der Waals surface area contributed by atoms with Crippen LogP contribution in [0.5, 0.6) is 5.75 Å². The Labute approximate surface area is 160 Å². The van der Waals surface area contributed by atoms with Gasteiger partial charge in [-0.25, -0.2) is 4.98 Å². The number of aromatic nitrogens is 2. The summed E-state index contributed by atoms with van der Waals surface area (Å²) < 4.78 is 5.51. The molecule has 1 aliphatic rings. The van der Waals surface area contributed by atoms with Gasteiger partial charge in [-0.15, -0.1) is 11.3 Å². The molecule has 3 aromatic rings. The van der Waals surface area contributed by atoms with Crippen molar-refractivity contribution >= 4 is 17.2 Å². The number of carbonyl (C=O) groups is 1. The molecule has 3 heterocycles. The van der Waals surface area contributed by atoms with Crippen molar-refractivity contribution in [3.05, 3.63) is 76.0 Å². The lowest BCUT2D eigenvalue weighted by atomic mass is 9.98. The molecule has 4 rings (SSSR count). The van der Waals surface area contributed by atoms with Crippen LogP contribution in [0.15, 0.2) is 54.0 Å². The minimum atomic E-state index is -0.779. The first-order chi connectivity index (χ1) is 13.2. The summed E-state index contributed by atoms with van der Waals surface area (Å²) in [7, 11) is 0. The molecule has 0 fully saturated rings. The number of nitrogens with one attached hydrogen (secondary N) is 1. The minimum absolute atomic E-state index is 0.160. The molecule has 0 aliphatic carbocycles. The molecule has 0 saturated heterocycles. The summed E-state index contributed by atoms with van der Waals surface area (Å²) in [6, 6.07) is 12.7. The fraction of sp³-hybridized carbons (Fsp3) is 0.250. The van der Waals surface area contributed by atoms with E-state index in [1.807, 2.05) is 47.8 Å². The van der Waals surface area contributed by atoms with E-state index in [-0.39, 0.29) is 18.9 Å².